The highest BCUT2D eigenvalue weighted by Gasteiger charge is 2.09. The molecule has 74 valence electrons. The summed E-state index contributed by atoms with van der Waals surface area (Å²) in [5, 5.41) is 0. The van der Waals surface area contributed by atoms with Gasteiger partial charge in [-0.25, -0.2) is 0 Å². The average Bonchev–Trinajstić information content (AvgIpc) is 2.12. The second-order valence-corrected chi connectivity index (χ2v) is 3.08. The van der Waals surface area contributed by atoms with E-state index in [0.717, 1.165) is 11.6 Å². The molecule has 0 aliphatic rings. The van der Waals surface area contributed by atoms with Gasteiger partial charge in [0.2, 0.25) is 0 Å². The largest absolute Gasteiger partial charge is 0.365 e. The van der Waals surface area contributed by atoms with Crippen molar-refractivity contribution in [3.05, 3.63) is 37.6 Å². The molecule has 0 saturated heterocycles. The fraction of sp³-hybridized carbons (Fsp3) is 0.400. The summed E-state index contributed by atoms with van der Waals surface area (Å²) in [4.78, 5) is 5.68. The Balaban J connectivity index is 4.42. The fourth-order valence-electron chi connectivity index (χ4n) is 0.791. The molecule has 0 bridgehead atoms. The van der Waals surface area contributed by atoms with Crippen LogP contribution < -0.4 is 0 Å². The monoisotopic (exact) mass is 181 g/mol. The van der Waals surface area contributed by atoms with Gasteiger partial charge in [0.1, 0.15) is 11.6 Å². The van der Waals surface area contributed by atoms with Crippen LogP contribution in [0.4, 0.5) is 0 Å². The maximum atomic E-state index is 3.92. The van der Waals surface area contributed by atoms with Gasteiger partial charge >= 0.3 is 0 Å². The van der Waals surface area contributed by atoms with Crippen molar-refractivity contribution >= 4 is 0 Å². The number of hydrogen-bond acceptors (Lipinski definition) is 3. The molecule has 3 heteroatoms. The second kappa shape index (κ2) is 4.60. The summed E-state index contributed by atoms with van der Waals surface area (Å²) in [7, 11) is 7.71. The van der Waals surface area contributed by atoms with Crippen molar-refractivity contribution in [2.75, 3.05) is 28.2 Å². The van der Waals surface area contributed by atoms with Crippen molar-refractivity contribution in [2.24, 2.45) is 0 Å². The van der Waals surface area contributed by atoms with Gasteiger partial charge in [-0.05, 0) is 6.20 Å². The van der Waals surface area contributed by atoms with E-state index in [4.69, 9.17) is 0 Å². The van der Waals surface area contributed by atoms with E-state index in [1.54, 1.807) is 6.20 Å². The minimum absolute atomic E-state index is 0.841. The summed E-state index contributed by atoms with van der Waals surface area (Å²) in [6, 6.07) is 0. The first-order chi connectivity index (χ1) is 5.91. The van der Waals surface area contributed by atoms with Crippen LogP contribution in [0.1, 0.15) is 0 Å². The van der Waals surface area contributed by atoms with Crippen LogP contribution in [0.3, 0.4) is 0 Å². The average molecular weight is 181 g/mol. The standard InChI is InChI=1S/C10H19N3/c1-8-12(6)10(3)13(7)9(2)11(4)5/h8H,1-3H2,4-7H3. The molecule has 0 aromatic heterocycles. The summed E-state index contributed by atoms with van der Waals surface area (Å²) < 4.78 is 0. The van der Waals surface area contributed by atoms with Crippen molar-refractivity contribution in [2.45, 2.75) is 0 Å². The summed E-state index contributed by atoms with van der Waals surface area (Å²) >= 11 is 0. The van der Waals surface area contributed by atoms with Crippen LogP contribution in [-0.4, -0.2) is 42.9 Å². The van der Waals surface area contributed by atoms with Crippen LogP contribution in [0, 0.1) is 0 Å². The Hall–Kier alpha value is -1.38. The topological polar surface area (TPSA) is 9.72 Å². The van der Waals surface area contributed by atoms with Gasteiger partial charge < -0.3 is 14.7 Å². The minimum atomic E-state index is 0.841. The lowest BCUT2D eigenvalue weighted by Crippen LogP contribution is -2.31. The molecule has 0 saturated carbocycles. The molecule has 0 radical (unpaired) electrons. The zero-order chi connectivity index (χ0) is 10.6. The van der Waals surface area contributed by atoms with Gasteiger partial charge in [-0.15, -0.1) is 0 Å². The molecular formula is C10H19N3. The summed E-state index contributed by atoms with van der Waals surface area (Å²) in [5.74, 6) is 1.73. The van der Waals surface area contributed by atoms with Crippen molar-refractivity contribution in [3.63, 3.8) is 0 Å². The van der Waals surface area contributed by atoms with E-state index in [1.807, 2.05) is 42.9 Å². The lowest BCUT2D eigenvalue weighted by Gasteiger charge is -2.32. The van der Waals surface area contributed by atoms with Gasteiger partial charge in [0.15, 0.2) is 0 Å². The van der Waals surface area contributed by atoms with E-state index < -0.39 is 0 Å². The summed E-state index contributed by atoms with van der Waals surface area (Å²) in [5.41, 5.74) is 0. The molecule has 0 unspecified atom stereocenters. The Morgan fingerprint density at radius 3 is 1.77 bits per heavy atom. The van der Waals surface area contributed by atoms with E-state index in [-0.39, 0.29) is 0 Å². The highest BCUT2D eigenvalue weighted by Crippen LogP contribution is 2.11. The summed E-state index contributed by atoms with van der Waals surface area (Å²) in [6.07, 6.45) is 1.71. The van der Waals surface area contributed by atoms with Gasteiger partial charge in [-0.3, -0.25) is 0 Å². The zero-order valence-electron chi connectivity index (χ0n) is 9.04. The molecule has 0 aliphatic carbocycles. The van der Waals surface area contributed by atoms with Crippen molar-refractivity contribution in [3.8, 4) is 0 Å². The molecule has 13 heavy (non-hydrogen) atoms. The Kier molecular flexibility index (Phi) is 4.11. The van der Waals surface area contributed by atoms with E-state index >= 15 is 0 Å². The van der Waals surface area contributed by atoms with Crippen molar-refractivity contribution in [1.82, 2.24) is 14.7 Å². The first kappa shape index (κ1) is 11.6. The predicted molar refractivity (Wildman–Crippen MR) is 57.7 cm³/mol. The van der Waals surface area contributed by atoms with Crippen LogP contribution >= 0.6 is 0 Å². The van der Waals surface area contributed by atoms with Crippen LogP contribution in [0.25, 0.3) is 0 Å². The number of nitrogens with zero attached hydrogens (tertiary/aromatic N) is 3. The fourth-order valence-corrected chi connectivity index (χ4v) is 0.791. The van der Waals surface area contributed by atoms with Crippen LogP contribution in [0.5, 0.6) is 0 Å². The first-order valence-corrected chi connectivity index (χ1v) is 4.06. The lowest BCUT2D eigenvalue weighted by molar-refractivity contribution is 0.296. The van der Waals surface area contributed by atoms with E-state index in [0.29, 0.717) is 0 Å². The second-order valence-electron chi connectivity index (χ2n) is 3.08. The third kappa shape index (κ3) is 2.86. The molecule has 0 rings (SSSR count). The normalized spacial score (nSPS) is 8.92. The van der Waals surface area contributed by atoms with Crippen LogP contribution in [0.2, 0.25) is 0 Å². The van der Waals surface area contributed by atoms with E-state index in [1.165, 1.54) is 0 Å². The molecule has 0 aromatic carbocycles. The van der Waals surface area contributed by atoms with E-state index in [9.17, 15) is 0 Å². The van der Waals surface area contributed by atoms with Crippen molar-refractivity contribution < 1.29 is 0 Å². The Morgan fingerprint density at radius 2 is 1.46 bits per heavy atom. The smallest absolute Gasteiger partial charge is 0.106 e. The van der Waals surface area contributed by atoms with Crippen molar-refractivity contribution in [1.29, 1.82) is 0 Å². The molecule has 0 aliphatic heterocycles. The molecule has 0 atom stereocenters. The van der Waals surface area contributed by atoms with Gasteiger partial charge in [-0.1, -0.05) is 19.7 Å². The van der Waals surface area contributed by atoms with Gasteiger partial charge in [0.25, 0.3) is 0 Å². The van der Waals surface area contributed by atoms with Gasteiger partial charge in [-0.2, -0.15) is 0 Å². The Bertz CT molecular complexity index is 218. The van der Waals surface area contributed by atoms with Crippen LogP contribution in [0.15, 0.2) is 37.6 Å². The highest BCUT2D eigenvalue weighted by atomic mass is 15.4. The lowest BCUT2D eigenvalue weighted by atomic mass is 10.5. The van der Waals surface area contributed by atoms with E-state index in [2.05, 4.69) is 19.7 Å². The van der Waals surface area contributed by atoms with Gasteiger partial charge in [0, 0.05) is 28.2 Å². The molecule has 0 amide bonds. The van der Waals surface area contributed by atoms with Gasteiger partial charge in [0.05, 0.1) is 0 Å². The third-order valence-electron chi connectivity index (χ3n) is 1.97. The maximum absolute atomic E-state index is 3.92. The molecule has 3 nitrogen and oxygen atoms in total. The third-order valence-corrected chi connectivity index (χ3v) is 1.97. The highest BCUT2D eigenvalue weighted by molar-refractivity contribution is 5.05. The number of hydrogen-bond donors (Lipinski definition) is 0. The van der Waals surface area contributed by atoms with Crippen LogP contribution in [-0.2, 0) is 0 Å². The zero-order valence-corrected chi connectivity index (χ0v) is 9.04. The molecule has 0 spiro atoms. The molecule has 0 heterocycles. The molecule has 0 fully saturated rings. The SMILES string of the molecule is C=CN(C)C(=C)N(C)C(=C)N(C)C. The first-order valence-electron chi connectivity index (χ1n) is 4.06. The quantitative estimate of drug-likeness (QED) is 0.636. The maximum Gasteiger partial charge on any atom is 0.106 e. The molecular weight excluding hydrogens is 162 g/mol. The predicted octanol–water partition coefficient (Wildman–Crippen LogP) is 1.50. The molecule has 0 aromatic rings. The Morgan fingerprint density at radius 1 is 1.00 bits per heavy atom. The summed E-state index contributed by atoms with van der Waals surface area (Å²) in [6.45, 7) is 11.5. The Labute approximate surface area is 81.2 Å². The number of rotatable bonds is 5. The molecule has 0 N–H and O–H groups in total. The minimum Gasteiger partial charge on any atom is -0.365 e.